The fourth-order valence-corrected chi connectivity index (χ4v) is 11.3. The molecule has 0 saturated heterocycles. The van der Waals surface area contributed by atoms with Crippen molar-refractivity contribution >= 4 is 39.0 Å². The number of anilines is 1. The highest BCUT2D eigenvalue weighted by Gasteiger charge is 2.44. The molecule has 1 spiro atoms. The molecule has 3 aromatic rings. The van der Waals surface area contributed by atoms with Gasteiger partial charge in [-0.15, -0.1) is 4.36 Å². The van der Waals surface area contributed by atoms with Gasteiger partial charge >= 0.3 is 0 Å². The number of nitrogens with one attached hydrogen (secondary N) is 1. The molecule has 4 heterocycles. The maximum atomic E-state index is 14.7. The second-order valence-corrected chi connectivity index (χ2v) is 18.5. The fraction of sp³-hybridized carbons (Fsp3) is 0.524. The Bertz CT molecular complexity index is 2090. The van der Waals surface area contributed by atoms with Gasteiger partial charge < -0.3 is 23.7 Å². The molecule has 54 heavy (non-hydrogen) atoms. The van der Waals surface area contributed by atoms with Gasteiger partial charge in [-0.3, -0.25) is 14.3 Å². The zero-order valence-electron chi connectivity index (χ0n) is 31.4. The largest absolute Gasteiger partial charge is 0.490 e. The van der Waals surface area contributed by atoms with Crippen molar-refractivity contribution in [1.29, 1.82) is 0 Å². The molecule has 1 unspecified atom stereocenters. The highest BCUT2D eigenvalue weighted by Crippen LogP contribution is 2.47. The van der Waals surface area contributed by atoms with Crippen LogP contribution >= 0.6 is 11.6 Å². The third kappa shape index (κ3) is 7.36. The Morgan fingerprint density at radius 2 is 2.04 bits per heavy atom. The number of ether oxygens (including phenoxy) is 3. The summed E-state index contributed by atoms with van der Waals surface area (Å²) in [6.45, 7) is 7.09. The first-order chi connectivity index (χ1) is 26.0. The van der Waals surface area contributed by atoms with Crippen LogP contribution in [0, 0.1) is 17.8 Å². The Morgan fingerprint density at radius 3 is 2.83 bits per heavy atom. The van der Waals surface area contributed by atoms with Crippen LogP contribution in [0.15, 0.2) is 65.2 Å². The Balaban J connectivity index is 1.17. The molecule has 7 atom stereocenters. The molecular formula is C42H51ClN4O6S. The number of rotatable bonds is 4. The van der Waals surface area contributed by atoms with Crippen molar-refractivity contribution in [2.75, 3.05) is 37.5 Å². The van der Waals surface area contributed by atoms with E-state index in [1.165, 1.54) is 11.1 Å². The molecule has 288 valence electrons. The Labute approximate surface area is 323 Å². The van der Waals surface area contributed by atoms with Crippen molar-refractivity contribution in [3.63, 3.8) is 0 Å². The lowest BCUT2D eigenvalue weighted by Gasteiger charge is -2.46. The molecule has 0 radical (unpaired) electrons. The van der Waals surface area contributed by atoms with Gasteiger partial charge in [0, 0.05) is 54.6 Å². The minimum Gasteiger partial charge on any atom is -0.490 e. The first-order valence-corrected chi connectivity index (χ1v) is 21.5. The monoisotopic (exact) mass is 774 g/mol. The fourth-order valence-electron chi connectivity index (χ4n) is 9.26. The highest BCUT2D eigenvalue weighted by molar-refractivity contribution is 7.92. The zero-order valence-corrected chi connectivity index (χ0v) is 33.0. The number of carbonyl (C=O) groups excluding carboxylic acids is 2. The van der Waals surface area contributed by atoms with Crippen molar-refractivity contribution in [3.05, 3.63) is 93.8 Å². The number of amides is 2. The summed E-state index contributed by atoms with van der Waals surface area (Å²) in [6, 6.07) is 13.4. The van der Waals surface area contributed by atoms with Crippen LogP contribution in [0.1, 0.15) is 89.9 Å². The van der Waals surface area contributed by atoms with Gasteiger partial charge in [-0.05, 0) is 110 Å². The molecular weight excluding hydrogens is 724 g/mol. The lowest BCUT2D eigenvalue weighted by Crippen LogP contribution is -2.49. The molecule has 8 rings (SSSR count). The molecule has 1 fully saturated rings. The van der Waals surface area contributed by atoms with E-state index in [2.05, 4.69) is 45.2 Å². The predicted octanol–water partition coefficient (Wildman–Crippen LogP) is 7.51. The van der Waals surface area contributed by atoms with Crippen LogP contribution in [0.5, 0.6) is 5.75 Å². The van der Waals surface area contributed by atoms with Gasteiger partial charge in [0.05, 0.1) is 42.4 Å². The first-order valence-electron chi connectivity index (χ1n) is 19.5. The van der Waals surface area contributed by atoms with E-state index in [9.17, 15) is 13.8 Å². The van der Waals surface area contributed by atoms with Crippen LogP contribution in [0.2, 0.25) is 5.02 Å². The van der Waals surface area contributed by atoms with Crippen LogP contribution in [-0.4, -0.2) is 65.4 Å². The molecule has 1 N–H and O–H groups in total. The minimum atomic E-state index is -3.54. The van der Waals surface area contributed by atoms with Crippen molar-refractivity contribution < 1.29 is 28.0 Å². The maximum Gasteiger partial charge on any atom is 0.286 e. The summed E-state index contributed by atoms with van der Waals surface area (Å²) < 4.78 is 42.5. The number of hydrogen-bond donors (Lipinski definition) is 1. The van der Waals surface area contributed by atoms with Gasteiger partial charge in [0.2, 0.25) is 0 Å². The van der Waals surface area contributed by atoms with E-state index in [1.807, 2.05) is 29.7 Å². The molecule has 1 saturated carbocycles. The van der Waals surface area contributed by atoms with Gasteiger partial charge in [-0.1, -0.05) is 43.7 Å². The second kappa shape index (κ2) is 15.1. The summed E-state index contributed by atoms with van der Waals surface area (Å²) in [5, 5.41) is 0.742. The van der Waals surface area contributed by atoms with Crippen molar-refractivity contribution in [2.45, 2.75) is 89.6 Å². The van der Waals surface area contributed by atoms with E-state index in [0.717, 1.165) is 68.0 Å². The Morgan fingerprint density at radius 1 is 1.17 bits per heavy atom. The third-order valence-electron chi connectivity index (χ3n) is 12.3. The van der Waals surface area contributed by atoms with Gasteiger partial charge in [0.25, 0.3) is 11.8 Å². The SMILES string of the molecule is CC[C@H]1Cn2cc(C(=O)NS3(=O)=NC(=O)c4ccc5c(c4)N(C[C@@H]4CC[C@H]4[C@@H](OC)/C=C/C[C@H](C)C3)C[C@@]3(CCCc4cc(Cl)ccc43)CO5)cc2CO1. The standard InChI is InChI=1S/C42H51ClN4O6S/c1-4-34-22-46-21-31(18-33(46)23-52-34)41(49)45-54(50)24-27(2)7-5-9-38(51-3)35-13-10-30(35)20-47-25-42(16-6-8-28-17-32(43)12-14-36(28)42)26-53-39-15-11-29(19-37(39)47)40(48)44-54/h5,9,11-12,14-15,17-19,21,27,30,34-35,38H,4,6-8,10,13,16,20,22-26H2,1-3H3,(H,44,45,48,49,50)/b9-5+/t27-,30-,34-,35+,38-,42-,54?/m0/s1. The number of allylic oxidation sites excluding steroid dienone is 1. The second-order valence-electron chi connectivity index (χ2n) is 16.1. The number of aryl methyl sites for hydroxylation is 1. The van der Waals surface area contributed by atoms with Gasteiger partial charge in [0.15, 0.2) is 0 Å². The normalized spacial score (nSPS) is 31.4. The lowest BCUT2D eigenvalue weighted by atomic mass is 9.68. The number of methoxy groups -OCH3 is 1. The van der Waals surface area contributed by atoms with Crippen LogP contribution in [0.4, 0.5) is 5.69 Å². The van der Waals surface area contributed by atoms with E-state index in [-0.39, 0.29) is 29.3 Å². The van der Waals surface area contributed by atoms with Crippen molar-refractivity contribution in [1.82, 2.24) is 9.29 Å². The summed E-state index contributed by atoms with van der Waals surface area (Å²) in [6.07, 6.45) is 12.6. The number of halogens is 1. The molecule has 3 aliphatic heterocycles. The minimum absolute atomic E-state index is 0.0131. The predicted molar refractivity (Wildman–Crippen MR) is 211 cm³/mol. The summed E-state index contributed by atoms with van der Waals surface area (Å²) in [7, 11) is -1.77. The molecule has 2 bridgehead atoms. The van der Waals surface area contributed by atoms with E-state index in [0.29, 0.717) is 54.9 Å². The van der Waals surface area contributed by atoms with Gasteiger partial charge in [-0.2, -0.15) is 0 Å². The highest BCUT2D eigenvalue weighted by atomic mass is 35.5. The molecule has 2 amide bonds. The maximum absolute atomic E-state index is 14.7. The van der Waals surface area contributed by atoms with E-state index in [1.54, 1.807) is 25.4 Å². The molecule has 5 aliphatic rings. The average Bonchev–Trinajstić information content (AvgIpc) is 3.51. The molecule has 12 heteroatoms. The van der Waals surface area contributed by atoms with Crippen LogP contribution < -0.4 is 14.4 Å². The smallest absolute Gasteiger partial charge is 0.286 e. The molecule has 10 nitrogen and oxygen atoms in total. The summed E-state index contributed by atoms with van der Waals surface area (Å²) in [4.78, 5) is 30.3. The summed E-state index contributed by atoms with van der Waals surface area (Å²) in [5.74, 6) is 0.141. The lowest BCUT2D eigenvalue weighted by molar-refractivity contribution is 0.00269. The number of carbonyl (C=O) groups is 2. The number of benzene rings is 2. The molecule has 2 aliphatic carbocycles. The van der Waals surface area contributed by atoms with Crippen LogP contribution in [0.25, 0.3) is 0 Å². The summed E-state index contributed by atoms with van der Waals surface area (Å²) in [5.41, 5.74) is 4.66. The van der Waals surface area contributed by atoms with E-state index < -0.39 is 21.7 Å². The summed E-state index contributed by atoms with van der Waals surface area (Å²) >= 11 is 6.47. The molecule has 2 aromatic carbocycles. The van der Waals surface area contributed by atoms with E-state index >= 15 is 0 Å². The van der Waals surface area contributed by atoms with Crippen molar-refractivity contribution in [3.8, 4) is 5.75 Å². The zero-order chi connectivity index (χ0) is 37.6. The van der Waals surface area contributed by atoms with Crippen LogP contribution in [-0.2, 0) is 44.4 Å². The first kappa shape index (κ1) is 37.3. The Kier molecular flexibility index (Phi) is 10.4. The average molecular weight is 775 g/mol. The number of aromatic nitrogens is 1. The molecule has 1 aromatic heterocycles. The number of nitrogens with zero attached hydrogens (tertiary/aromatic N) is 3. The number of hydrogen-bond acceptors (Lipinski definition) is 7. The number of fused-ring (bicyclic) bond motifs is 5. The topological polar surface area (TPSA) is 111 Å². The third-order valence-corrected chi connectivity index (χ3v) is 14.6. The van der Waals surface area contributed by atoms with E-state index in [4.69, 9.17) is 25.8 Å². The van der Waals surface area contributed by atoms with Gasteiger partial charge in [-0.25, -0.2) is 4.21 Å². The quantitative estimate of drug-likeness (QED) is 0.273. The van der Waals surface area contributed by atoms with Gasteiger partial charge in [0.1, 0.15) is 15.7 Å². The Hall–Kier alpha value is -3.64. The van der Waals surface area contributed by atoms with Crippen LogP contribution in [0.3, 0.4) is 0 Å². The van der Waals surface area contributed by atoms with Crippen molar-refractivity contribution in [2.24, 2.45) is 22.1 Å².